The van der Waals surface area contributed by atoms with Gasteiger partial charge in [-0.1, -0.05) is 0 Å². The summed E-state index contributed by atoms with van der Waals surface area (Å²) in [5.41, 5.74) is 1.60. The van der Waals surface area contributed by atoms with Gasteiger partial charge in [-0.3, -0.25) is 0 Å². The molecule has 4 N–H and O–H groups in total. The Morgan fingerprint density at radius 2 is 2.10 bits per heavy atom. The van der Waals surface area contributed by atoms with Crippen LogP contribution in [0.2, 0.25) is 0 Å². The predicted molar refractivity (Wildman–Crippen MR) is 73.3 cm³/mol. The van der Waals surface area contributed by atoms with E-state index in [2.05, 4.69) is 25.0 Å². The summed E-state index contributed by atoms with van der Waals surface area (Å²) < 4.78 is 26.7. The smallest absolute Gasteiger partial charge is 0.242 e. The highest BCUT2D eigenvalue weighted by Crippen LogP contribution is 2.19. The number of aromatic amines is 2. The van der Waals surface area contributed by atoms with Crippen LogP contribution in [0, 0.1) is 0 Å². The Kier molecular flexibility index (Phi) is 3.60. The molecule has 3 rings (SSSR count). The van der Waals surface area contributed by atoms with Gasteiger partial charge in [0.25, 0.3) is 0 Å². The molecule has 0 spiro atoms. The Morgan fingerprint density at radius 3 is 2.80 bits per heavy atom. The van der Waals surface area contributed by atoms with Crippen LogP contribution in [-0.4, -0.2) is 29.4 Å². The molecule has 0 radical (unpaired) electrons. The van der Waals surface area contributed by atoms with Crippen LogP contribution in [0.3, 0.4) is 0 Å². The molecule has 2 heterocycles. The Labute approximate surface area is 117 Å². The minimum absolute atomic E-state index is 0.198. The second-order valence-electron chi connectivity index (χ2n) is 4.92. The average molecular weight is 295 g/mol. The van der Waals surface area contributed by atoms with Crippen molar-refractivity contribution in [2.75, 3.05) is 0 Å². The number of hydrogen-bond donors (Lipinski definition) is 4. The lowest BCUT2D eigenvalue weighted by Gasteiger charge is -2.02. The largest absolute Gasteiger partial charge is 0.363 e. The van der Waals surface area contributed by atoms with Crippen molar-refractivity contribution in [2.45, 2.75) is 36.9 Å². The van der Waals surface area contributed by atoms with Gasteiger partial charge < -0.3 is 15.3 Å². The Morgan fingerprint density at radius 1 is 1.25 bits per heavy atom. The third kappa shape index (κ3) is 3.27. The molecule has 0 aromatic carbocycles. The molecule has 8 heteroatoms. The minimum Gasteiger partial charge on any atom is -0.363 e. The summed E-state index contributed by atoms with van der Waals surface area (Å²) in [6, 6.07) is 2.25. The van der Waals surface area contributed by atoms with Crippen LogP contribution in [-0.2, 0) is 23.1 Å². The molecule has 108 valence electrons. The normalized spacial score (nSPS) is 15.6. The van der Waals surface area contributed by atoms with E-state index in [1.807, 2.05) is 0 Å². The fraction of sp³-hybridized carbons (Fsp3) is 0.417. The first kappa shape index (κ1) is 13.3. The van der Waals surface area contributed by atoms with Crippen LogP contribution in [0.15, 0.2) is 29.7 Å². The van der Waals surface area contributed by atoms with Crippen LogP contribution in [0.25, 0.3) is 0 Å². The van der Waals surface area contributed by atoms with Crippen molar-refractivity contribution in [3.8, 4) is 0 Å². The molecule has 2 aromatic rings. The number of H-pyrrole nitrogens is 2. The fourth-order valence-corrected chi connectivity index (χ4v) is 2.88. The van der Waals surface area contributed by atoms with Crippen LogP contribution in [0.4, 0.5) is 0 Å². The Balaban J connectivity index is 1.61. The van der Waals surface area contributed by atoms with Gasteiger partial charge >= 0.3 is 0 Å². The molecular formula is C12H17N5O2S. The van der Waals surface area contributed by atoms with Crippen molar-refractivity contribution < 1.29 is 8.42 Å². The summed E-state index contributed by atoms with van der Waals surface area (Å²) >= 11 is 0. The molecule has 1 saturated carbocycles. The molecule has 2 aromatic heterocycles. The molecule has 0 unspecified atom stereocenters. The predicted octanol–water partition coefficient (Wildman–Crippen LogP) is 0.468. The maximum atomic E-state index is 12.1. The summed E-state index contributed by atoms with van der Waals surface area (Å²) in [4.78, 5) is 9.93. The molecule has 0 bridgehead atoms. The van der Waals surface area contributed by atoms with Gasteiger partial charge in [0.15, 0.2) is 0 Å². The van der Waals surface area contributed by atoms with E-state index in [4.69, 9.17) is 0 Å². The van der Waals surface area contributed by atoms with Gasteiger partial charge in [-0.25, -0.2) is 18.1 Å². The van der Waals surface area contributed by atoms with E-state index in [9.17, 15) is 8.42 Å². The number of nitrogens with zero attached hydrogens (tertiary/aromatic N) is 1. The quantitative estimate of drug-likeness (QED) is 0.596. The average Bonchev–Trinajstić information content (AvgIpc) is 2.94. The molecule has 0 atom stereocenters. The first-order valence-electron chi connectivity index (χ1n) is 6.51. The lowest BCUT2D eigenvalue weighted by Crippen LogP contribution is -2.23. The first-order valence-corrected chi connectivity index (χ1v) is 7.99. The number of hydrogen-bond acceptors (Lipinski definition) is 4. The standard InChI is InChI=1S/C12H17N5O2S/c18-20(19,17-6-11-4-13-8-16-11)12-3-10(15-7-12)5-14-9-1-2-9/h3-4,7-9,14-15,17H,1-2,5-6H2,(H,13,16). The van der Waals surface area contributed by atoms with Crippen LogP contribution >= 0.6 is 0 Å². The molecular weight excluding hydrogens is 278 g/mol. The van der Waals surface area contributed by atoms with Crippen LogP contribution < -0.4 is 10.0 Å². The van der Waals surface area contributed by atoms with E-state index in [0.717, 1.165) is 11.4 Å². The highest BCUT2D eigenvalue weighted by atomic mass is 32.2. The number of sulfonamides is 1. The zero-order valence-corrected chi connectivity index (χ0v) is 11.7. The van der Waals surface area contributed by atoms with Crippen molar-refractivity contribution in [3.05, 3.63) is 36.2 Å². The zero-order chi connectivity index (χ0) is 14.0. The van der Waals surface area contributed by atoms with Crippen molar-refractivity contribution in [1.82, 2.24) is 25.0 Å². The monoisotopic (exact) mass is 295 g/mol. The summed E-state index contributed by atoms with van der Waals surface area (Å²) in [5, 5.41) is 3.33. The molecule has 7 nitrogen and oxygen atoms in total. The first-order chi connectivity index (χ1) is 9.63. The maximum Gasteiger partial charge on any atom is 0.242 e. The van der Waals surface area contributed by atoms with E-state index in [-0.39, 0.29) is 11.4 Å². The second-order valence-corrected chi connectivity index (χ2v) is 6.68. The third-order valence-corrected chi connectivity index (χ3v) is 4.57. The molecule has 1 fully saturated rings. The van der Waals surface area contributed by atoms with E-state index < -0.39 is 10.0 Å². The minimum atomic E-state index is -3.50. The van der Waals surface area contributed by atoms with E-state index in [1.165, 1.54) is 25.4 Å². The second kappa shape index (κ2) is 5.39. The Bertz CT molecular complexity index is 658. The molecule has 20 heavy (non-hydrogen) atoms. The van der Waals surface area contributed by atoms with Crippen LogP contribution in [0.1, 0.15) is 24.2 Å². The third-order valence-electron chi connectivity index (χ3n) is 3.19. The summed E-state index contributed by atoms with van der Waals surface area (Å²) in [7, 11) is -3.50. The van der Waals surface area contributed by atoms with Gasteiger partial charge in [-0.05, 0) is 18.9 Å². The van der Waals surface area contributed by atoms with E-state index in [1.54, 1.807) is 12.3 Å². The van der Waals surface area contributed by atoms with Crippen molar-refractivity contribution >= 4 is 10.0 Å². The van der Waals surface area contributed by atoms with Crippen molar-refractivity contribution in [1.29, 1.82) is 0 Å². The highest BCUT2D eigenvalue weighted by molar-refractivity contribution is 7.89. The number of rotatable bonds is 7. The molecule has 1 aliphatic rings. The maximum absolute atomic E-state index is 12.1. The number of aromatic nitrogens is 3. The van der Waals surface area contributed by atoms with Gasteiger partial charge in [0.05, 0.1) is 17.8 Å². The SMILES string of the molecule is O=S(=O)(NCc1cnc[nH]1)c1c[nH]c(CNC2CC2)c1. The van der Waals surface area contributed by atoms with Crippen molar-refractivity contribution in [3.63, 3.8) is 0 Å². The number of imidazole rings is 1. The van der Waals surface area contributed by atoms with Gasteiger partial charge in [0.1, 0.15) is 0 Å². The lowest BCUT2D eigenvalue weighted by atomic mass is 10.4. The molecule has 0 aliphatic heterocycles. The zero-order valence-electron chi connectivity index (χ0n) is 10.9. The molecule has 0 amide bonds. The molecule has 1 aliphatic carbocycles. The number of nitrogens with one attached hydrogen (secondary N) is 4. The summed E-state index contributed by atoms with van der Waals surface area (Å²) in [5.74, 6) is 0. The molecule has 0 saturated heterocycles. The topological polar surface area (TPSA) is 103 Å². The summed E-state index contributed by atoms with van der Waals surface area (Å²) in [6.45, 7) is 0.865. The van der Waals surface area contributed by atoms with Gasteiger partial charge in [0, 0.05) is 36.4 Å². The van der Waals surface area contributed by atoms with Gasteiger partial charge in [-0.15, -0.1) is 0 Å². The van der Waals surface area contributed by atoms with Crippen molar-refractivity contribution in [2.24, 2.45) is 0 Å². The van der Waals surface area contributed by atoms with E-state index >= 15 is 0 Å². The summed E-state index contributed by atoms with van der Waals surface area (Å²) in [6.07, 6.45) is 7.03. The van der Waals surface area contributed by atoms with Gasteiger partial charge in [0.2, 0.25) is 10.0 Å². The lowest BCUT2D eigenvalue weighted by molar-refractivity contribution is 0.580. The Hall–Kier alpha value is -1.64. The van der Waals surface area contributed by atoms with Crippen LogP contribution in [0.5, 0.6) is 0 Å². The fourth-order valence-electron chi connectivity index (χ4n) is 1.86. The highest BCUT2D eigenvalue weighted by Gasteiger charge is 2.21. The van der Waals surface area contributed by atoms with Gasteiger partial charge in [-0.2, -0.15) is 0 Å². The van der Waals surface area contributed by atoms with E-state index in [0.29, 0.717) is 12.6 Å².